The molecule has 160 valence electrons. The van der Waals surface area contributed by atoms with Crippen LogP contribution in [0.1, 0.15) is 68.4 Å². The van der Waals surface area contributed by atoms with Gasteiger partial charge in [-0.15, -0.1) is 0 Å². The highest BCUT2D eigenvalue weighted by Crippen LogP contribution is 2.39. The van der Waals surface area contributed by atoms with Crippen LogP contribution in [0.2, 0.25) is 0 Å². The SMILES string of the molecule is CC1CC(=O)N2CC[C@H](NS(C)(=O)=O)[C@@H]2CO[C@H]2CC[C@H](CC2)c2ccccc21. The maximum absolute atomic E-state index is 13.2. The fraction of sp³-hybridized carbons (Fsp3) is 0.682. The van der Waals surface area contributed by atoms with Gasteiger partial charge in [0.05, 0.1) is 25.0 Å². The lowest BCUT2D eigenvalue weighted by Crippen LogP contribution is -2.49. The number of fused-ring (bicyclic) bond motifs is 5. The Morgan fingerprint density at radius 3 is 2.45 bits per heavy atom. The van der Waals surface area contributed by atoms with Crippen molar-refractivity contribution in [2.75, 3.05) is 19.4 Å². The minimum absolute atomic E-state index is 0.0882. The number of sulfonamides is 1. The summed E-state index contributed by atoms with van der Waals surface area (Å²) in [5.41, 5.74) is 2.67. The van der Waals surface area contributed by atoms with E-state index in [1.165, 1.54) is 17.4 Å². The summed E-state index contributed by atoms with van der Waals surface area (Å²) >= 11 is 0. The largest absolute Gasteiger partial charge is 0.376 e. The third kappa shape index (κ3) is 4.67. The fourth-order valence-corrected chi connectivity index (χ4v) is 6.20. The second-order valence-electron chi connectivity index (χ2n) is 8.98. The molecule has 1 saturated heterocycles. The van der Waals surface area contributed by atoms with Crippen molar-refractivity contribution in [1.82, 2.24) is 9.62 Å². The summed E-state index contributed by atoms with van der Waals surface area (Å²) in [6.07, 6.45) is 6.66. The summed E-state index contributed by atoms with van der Waals surface area (Å²) < 4.78 is 32.6. The zero-order valence-corrected chi connectivity index (χ0v) is 18.2. The number of nitrogens with zero attached hydrogens (tertiary/aromatic N) is 1. The lowest BCUT2D eigenvalue weighted by molar-refractivity contribution is -0.134. The Morgan fingerprint density at radius 1 is 1.07 bits per heavy atom. The van der Waals surface area contributed by atoms with E-state index in [9.17, 15) is 13.2 Å². The molecule has 1 saturated carbocycles. The second kappa shape index (κ2) is 8.36. The molecule has 0 radical (unpaired) electrons. The Balaban J connectivity index is 1.63. The summed E-state index contributed by atoms with van der Waals surface area (Å²) in [5, 5.41) is 0. The van der Waals surface area contributed by atoms with Gasteiger partial charge in [0.1, 0.15) is 0 Å². The minimum Gasteiger partial charge on any atom is -0.376 e. The first-order valence-corrected chi connectivity index (χ1v) is 12.7. The van der Waals surface area contributed by atoms with Crippen LogP contribution in [0, 0.1) is 0 Å². The summed E-state index contributed by atoms with van der Waals surface area (Å²) in [6.45, 7) is 3.10. The van der Waals surface area contributed by atoms with Crippen LogP contribution in [0.3, 0.4) is 0 Å². The lowest BCUT2D eigenvalue weighted by atomic mass is 9.78. The molecule has 0 aromatic heterocycles. The van der Waals surface area contributed by atoms with Crippen molar-refractivity contribution in [1.29, 1.82) is 0 Å². The van der Waals surface area contributed by atoms with Gasteiger partial charge in [-0.2, -0.15) is 0 Å². The molecular weight excluding hydrogens is 388 g/mol. The Bertz CT molecular complexity index is 848. The van der Waals surface area contributed by atoms with E-state index in [2.05, 4.69) is 35.9 Å². The molecule has 3 atom stereocenters. The van der Waals surface area contributed by atoms with Crippen molar-refractivity contribution in [2.45, 2.75) is 75.5 Å². The molecule has 1 N–H and O–H groups in total. The zero-order valence-electron chi connectivity index (χ0n) is 17.3. The predicted molar refractivity (Wildman–Crippen MR) is 112 cm³/mol. The normalized spacial score (nSPS) is 33.4. The van der Waals surface area contributed by atoms with Crippen molar-refractivity contribution in [3.63, 3.8) is 0 Å². The highest BCUT2D eigenvalue weighted by atomic mass is 32.2. The van der Waals surface area contributed by atoms with Crippen LogP contribution in [0.15, 0.2) is 24.3 Å². The maximum Gasteiger partial charge on any atom is 0.223 e. The number of amides is 1. The Hall–Kier alpha value is -1.44. The van der Waals surface area contributed by atoms with E-state index in [1.54, 1.807) is 0 Å². The van der Waals surface area contributed by atoms with Crippen molar-refractivity contribution >= 4 is 15.9 Å². The van der Waals surface area contributed by atoms with Gasteiger partial charge in [-0.3, -0.25) is 4.79 Å². The van der Waals surface area contributed by atoms with Gasteiger partial charge in [0.25, 0.3) is 0 Å². The van der Waals surface area contributed by atoms with Crippen molar-refractivity contribution < 1.29 is 17.9 Å². The molecule has 2 fully saturated rings. The van der Waals surface area contributed by atoms with Gasteiger partial charge in [-0.1, -0.05) is 31.2 Å². The van der Waals surface area contributed by atoms with Gasteiger partial charge >= 0.3 is 0 Å². The molecule has 1 aliphatic carbocycles. The summed E-state index contributed by atoms with van der Waals surface area (Å²) in [7, 11) is -3.34. The number of rotatable bonds is 2. The second-order valence-corrected chi connectivity index (χ2v) is 10.8. The lowest BCUT2D eigenvalue weighted by Gasteiger charge is -2.32. The van der Waals surface area contributed by atoms with Crippen LogP contribution < -0.4 is 4.72 Å². The van der Waals surface area contributed by atoms with Gasteiger partial charge < -0.3 is 9.64 Å². The smallest absolute Gasteiger partial charge is 0.223 e. The molecule has 4 aliphatic rings. The van der Waals surface area contributed by atoms with E-state index in [-0.39, 0.29) is 30.0 Å². The summed E-state index contributed by atoms with van der Waals surface area (Å²) in [4.78, 5) is 15.1. The highest BCUT2D eigenvalue weighted by Gasteiger charge is 2.40. The van der Waals surface area contributed by atoms with Crippen LogP contribution >= 0.6 is 0 Å². The standard InChI is InChI=1S/C22H32N2O4S/c1-15-13-22(25)24-12-11-20(23-29(2,26)27)21(24)14-28-17-9-7-16(8-10-17)19-6-4-3-5-18(15)19/h3-6,15-17,20-21,23H,7-14H2,1-2H3/t15?,16-,17+,20-,21-/m0/s1. The molecule has 3 aliphatic heterocycles. The molecule has 5 rings (SSSR count). The number of hydrogen-bond acceptors (Lipinski definition) is 4. The van der Waals surface area contributed by atoms with Crippen LogP contribution in [-0.4, -0.2) is 56.8 Å². The van der Waals surface area contributed by atoms with E-state index in [0.717, 1.165) is 25.7 Å². The van der Waals surface area contributed by atoms with Gasteiger partial charge in [0.2, 0.25) is 15.9 Å². The molecule has 1 unspecified atom stereocenters. The molecule has 29 heavy (non-hydrogen) atoms. The zero-order chi connectivity index (χ0) is 20.6. The van der Waals surface area contributed by atoms with Crippen LogP contribution in [0.4, 0.5) is 0 Å². The van der Waals surface area contributed by atoms with Crippen LogP contribution in [0.25, 0.3) is 0 Å². The van der Waals surface area contributed by atoms with E-state index < -0.39 is 10.0 Å². The monoisotopic (exact) mass is 420 g/mol. The Morgan fingerprint density at radius 2 is 1.76 bits per heavy atom. The maximum atomic E-state index is 13.2. The summed E-state index contributed by atoms with van der Waals surface area (Å²) in [5.74, 6) is 0.759. The summed E-state index contributed by atoms with van der Waals surface area (Å²) in [6, 6.07) is 8.05. The van der Waals surface area contributed by atoms with Gasteiger partial charge in [0.15, 0.2) is 0 Å². The number of carbonyl (C=O) groups is 1. The van der Waals surface area contributed by atoms with E-state index in [0.29, 0.717) is 31.9 Å². The first-order chi connectivity index (χ1) is 13.8. The van der Waals surface area contributed by atoms with Crippen molar-refractivity contribution in [3.05, 3.63) is 35.4 Å². The quantitative estimate of drug-likeness (QED) is 0.798. The number of carbonyl (C=O) groups excluding carboxylic acids is 1. The van der Waals surface area contributed by atoms with E-state index in [1.807, 2.05) is 4.90 Å². The Labute approximate surface area is 174 Å². The average molecular weight is 421 g/mol. The van der Waals surface area contributed by atoms with E-state index >= 15 is 0 Å². The number of nitrogens with one attached hydrogen (secondary N) is 1. The third-order valence-electron chi connectivity index (χ3n) is 6.86. The fourth-order valence-electron chi connectivity index (χ4n) is 5.38. The van der Waals surface area contributed by atoms with Crippen molar-refractivity contribution in [2.24, 2.45) is 0 Å². The van der Waals surface area contributed by atoms with Crippen LogP contribution in [0.5, 0.6) is 0 Å². The first kappa shape index (κ1) is 20.8. The molecule has 0 spiro atoms. The van der Waals surface area contributed by atoms with Gasteiger partial charge in [-0.25, -0.2) is 13.1 Å². The molecule has 3 heterocycles. The van der Waals surface area contributed by atoms with Crippen LogP contribution in [-0.2, 0) is 19.6 Å². The molecule has 2 bridgehead atoms. The minimum atomic E-state index is -3.34. The molecule has 6 nitrogen and oxygen atoms in total. The molecule has 1 amide bonds. The van der Waals surface area contributed by atoms with E-state index in [4.69, 9.17) is 4.74 Å². The highest BCUT2D eigenvalue weighted by molar-refractivity contribution is 7.88. The third-order valence-corrected chi connectivity index (χ3v) is 7.59. The topological polar surface area (TPSA) is 75.7 Å². The molecule has 7 heteroatoms. The molecular formula is C22H32N2O4S. The molecule has 1 aromatic carbocycles. The number of benzene rings is 1. The molecule has 1 aromatic rings. The van der Waals surface area contributed by atoms with Crippen molar-refractivity contribution in [3.8, 4) is 0 Å². The predicted octanol–water partition coefficient (Wildman–Crippen LogP) is 2.76. The first-order valence-electron chi connectivity index (χ1n) is 10.8. The number of hydrogen-bond donors (Lipinski definition) is 1. The Kier molecular flexibility index (Phi) is 6.00. The van der Waals surface area contributed by atoms with Gasteiger partial charge in [0, 0.05) is 19.0 Å². The number of ether oxygens (including phenoxy) is 1. The van der Waals surface area contributed by atoms with Gasteiger partial charge in [-0.05, 0) is 55.1 Å². The average Bonchev–Trinajstić information content (AvgIpc) is 3.07.